The lowest BCUT2D eigenvalue weighted by Gasteiger charge is -2.06. The van der Waals surface area contributed by atoms with Crippen LogP contribution in [0.5, 0.6) is 0 Å². The molecule has 0 aliphatic rings. The molecular weight excluding hydrogens is 347 g/mol. The van der Waals surface area contributed by atoms with E-state index in [1.807, 2.05) is 37.3 Å². The summed E-state index contributed by atoms with van der Waals surface area (Å²) in [6.45, 7) is 1.86. The van der Waals surface area contributed by atoms with Gasteiger partial charge in [0.25, 0.3) is 0 Å². The third kappa shape index (κ3) is 2.69. The van der Waals surface area contributed by atoms with E-state index in [1.54, 1.807) is 12.1 Å². The van der Waals surface area contributed by atoms with Gasteiger partial charge in [-0.1, -0.05) is 23.7 Å². The lowest BCUT2D eigenvalue weighted by Crippen LogP contribution is -2.03. The van der Waals surface area contributed by atoms with Crippen molar-refractivity contribution in [2.45, 2.75) is 6.92 Å². The van der Waals surface area contributed by atoms with Gasteiger partial charge in [0, 0.05) is 19.7 Å². The SMILES string of the molecule is Cc1c(Cl)cccc1C(=O)c1ccc(I)cc1. The van der Waals surface area contributed by atoms with Crippen LogP contribution in [-0.2, 0) is 0 Å². The second-order valence-electron chi connectivity index (χ2n) is 3.75. The van der Waals surface area contributed by atoms with Crippen LogP contribution in [0.4, 0.5) is 0 Å². The van der Waals surface area contributed by atoms with Crippen molar-refractivity contribution in [2.75, 3.05) is 0 Å². The predicted octanol–water partition coefficient (Wildman–Crippen LogP) is 4.48. The average molecular weight is 357 g/mol. The zero-order chi connectivity index (χ0) is 12.4. The van der Waals surface area contributed by atoms with Gasteiger partial charge in [-0.2, -0.15) is 0 Å². The first-order chi connectivity index (χ1) is 8.09. The Morgan fingerprint density at radius 1 is 1.12 bits per heavy atom. The van der Waals surface area contributed by atoms with Crippen LogP contribution < -0.4 is 0 Å². The summed E-state index contributed by atoms with van der Waals surface area (Å²) in [6, 6.07) is 12.9. The van der Waals surface area contributed by atoms with Crippen LogP contribution in [0.1, 0.15) is 21.5 Å². The van der Waals surface area contributed by atoms with Crippen LogP contribution in [-0.4, -0.2) is 5.78 Å². The molecule has 0 radical (unpaired) electrons. The van der Waals surface area contributed by atoms with E-state index in [0.717, 1.165) is 9.13 Å². The van der Waals surface area contributed by atoms with Crippen molar-refractivity contribution in [3.05, 3.63) is 67.7 Å². The van der Waals surface area contributed by atoms with Gasteiger partial charge in [0.2, 0.25) is 0 Å². The zero-order valence-corrected chi connectivity index (χ0v) is 12.1. The van der Waals surface area contributed by atoms with Crippen molar-refractivity contribution >= 4 is 40.0 Å². The highest BCUT2D eigenvalue weighted by Crippen LogP contribution is 2.21. The molecule has 0 atom stereocenters. The molecule has 0 aromatic heterocycles. The van der Waals surface area contributed by atoms with E-state index in [1.165, 1.54) is 0 Å². The molecule has 0 aliphatic carbocycles. The van der Waals surface area contributed by atoms with Crippen molar-refractivity contribution in [1.82, 2.24) is 0 Å². The van der Waals surface area contributed by atoms with Crippen molar-refractivity contribution in [3.63, 3.8) is 0 Å². The minimum absolute atomic E-state index is 0.0152. The van der Waals surface area contributed by atoms with Gasteiger partial charge in [0.05, 0.1) is 0 Å². The van der Waals surface area contributed by atoms with Crippen LogP contribution in [0.25, 0.3) is 0 Å². The number of rotatable bonds is 2. The fourth-order valence-electron chi connectivity index (χ4n) is 1.61. The summed E-state index contributed by atoms with van der Waals surface area (Å²) >= 11 is 8.23. The fourth-order valence-corrected chi connectivity index (χ4v) is 2.14. The van der Waals surface area contributed by atoms with E-state index in [2.05, 4.69) is 22.6 Å². The lowest BCUT2D eigenvalue weighted by molar-refractivity contribution is 0.103. The number of halogens is 2. The highest BCUT2D eigenvalue weighted by Gasteiger charge is 2.12. The van der Waals surface area contributed by atoms with Gasteiger partial charge in [-0.15, -0.1) is 0 Å². The van der Waals surface area contributed by atoms with Crippen LogP contribution in [0.2, 0.25) is 5.02 Å². The van der Waals surface area contributed by atoms with Gasteiger partial charge in [0.1, 0.15) is 0 Å². The molecule has 0 aliphatic heterocycles. The molecule has 0 amide bonds. The molecule has 0 saturated heterocycles. The average Bonchev–Trinajstić information content (AvgIpc) is 2.33. The summed E-state index contributed by atoms with van der Waals surface area (Å²) in [5.41, 5.74) is 2.19. The molecule has 0 fully saturated rings. The highest BCUT2D eigenvalue weighted by atomic mass is 127. The van der Waals surface area contributed by atoms with E-state index in [-0.39, 0.29) is 5.78 Å². The Labute approximate surface area is 119 Å². The van der Waals surface area contributed by atoms with E-state index < -0.39 is 0 Å². The number of carbonyl (C=O) groups is 1. The molecule has 2 rings (SSSR count). The molecule has 0 unspecified atom stereocenters. The maximum absolute atomic E-state index is 12.3. The first-order valence-electron chi connectivity index (χ1n) is 5.15. The third-order valence-electron chi connectivity index (χ3n) is 2.62. The number of benzene rings is 2. The Morgan fingerprint density at radius 3 is 2.41 bits per heavy atom. The topological polar surface area (TPSA) is 17.1 Å². The molecule has 0 saturated carbocycles. The lowest BCUT2D eigenvalue weighted by atomic mass is 9.99. The Balaban J connectivity index is 2.44. The van der Waals surface area contributed by atoms with Crippen molar-refractivity contribution in [1.29, 1.82) is 0 Å². The second-order valence-corrected chi connectivity index (χ2v) is 5.40. The number of ketones is 1. The van der Waals surface area contributed by atoms with Gasteiger partial charge in [-0.25, -0.2) is 0 Å². The third-order valence-corrected chi connectivity index (χ3v) is 3.75. The molecule has 86 valence electrons. The zero-order valence-electron chi connectivity index (χ0n) is 9.21. The van der Waals surface area contributed by atoms with Crippen molar-refractivity contribution in [3.8, 4) is 0 Å². The minimum Gasteiger partial charge on any atom is -0.289 e. The van der Waals surface area contributed by atoms with Crippen molar-refractivity contribution < 1.29 is 4.79 Å². The molecule has 2 aromatic carbocycles. The van der Waals surface area contributed by atoms with Crippen LogP contribution in [0.3, 0.4) is 0 Å². The Morgan fingerprint density at radius 2 is 1.76 bits per heavy atom. The Hall–Kier alpha value is -0.870. The summed E-state index contributed by atoms with van der Waals surface area (Å²) in [7, 11) is 0. The van der Waals surface area contributed by atoms with Gasteiger partial charge in [-0.05, 0) is 65.4 Å². The minimum atomic E-state index is 0.0152. The van der Waals surface area contributed by atoms with E-state index in [4.69, 9.17) is 11.6 Å². The van der Waals surface area contributed by atoms with E-state index in [0.29, 0.717) is 16.1 Å². The first-order valence-corrected chi connectivity index (χ1v) is 6.60. The maximum Gasteiger partial charge on any atom is 0.193 e. The summed E-state index contributed by atoms with van der Waals surface area (Å²) in [6.07, 6.45) is 0. The largest absolute Gasteiger partial charge is 0.289 e. The molecule has 0 bridgehead atoms. The molecule has 0 N–H and O–H groups in total. The number of carbonyl (C=O) groups excluding carboxylic acids is 1. The second kappa shape index (κ2) is 5.19. The molecule has 17 heavy (non-hydrogen) atoms. The molecule has 0 heterocycles. The normalized spacial score (nSPS) is 10.3. The van der Waals surface area contributed by atoms with E-state index in [9.17, 15) is 4.79 Å². The Bertz CT molecular complexity index is 561. The smallest absolute Gasteiger partial charge is 0.193 e. The number of hydrogen-bond donors (Lipinski definition) is 0. The van der Waals surface area contributed by atoms with Crippen LogP contribution in [0, 0.1) is 10.5 Å². The maximum atomic E-state index is 12.3. The number of hydrogen-bond acceptors (Lipinski definition) is 1. The first kappa shape index (κ1) is 12.6. The monoisotopic (exact) mass is 356 g/mol. The summed E-state index contributed by atoms with van der Waals surface area (Å²) < 4.78 is 1.11. The fraction of sp³-hybridized carbons (Fsp3) is 0.0714. The van der Waals surface area contributed by atoms with Crippen LogP contribution >= 0.6 is 34.2 Å². The Kier molecular flexibility index (Phi) is 3.84. The van der Waals surface area contributed by atoms with Gasteiger partial charge in [-0.3, -0.25) is 4.79 Å². The van der Waals surface area contributed by atoms with Crippen LogP contribution in [0.15, 0.2) is 42.5 Å². The molecular formula is C14H10ClIO. The van der Waals surface area contributed by atoms with E-state index >= 15 is 0 Å². The van der Waals surface area contributed by atoms with Gasteiger partial charge < -0.3 is 0 Å². The standard InChI is InChI=1S/C14H10ClIO/c1-9-12(3-2-4-13(9)15)14(17)10-5-7-11(16)8-6-10/h2-8H,1H3. The van der Waals surface area contributed by atoms with Crippen molar-refractivity contribution in [2.24, 2.45) is 0 Å². The molecule has 1 nitrogen and oxygen atoms in total. The quantitative estimate of drug-likeness (QED) is 0.572. The molecule has 3 heteroatoms. The summed E-state index contributed by atoms with van der Waals surface area (Å²) in [4.78, 5) is 12.3. The van der Waals surface area contributed by atoms with Gasteiger partial charge in [0.15, 0.2) is 5.78 Å². The van der Waals surface area contributed by atoms with Gasteiger partial charge >= 0.3 is 0 Å². The molecule has 0 spiro atoms. The summed E-state index contributed by atoms with van der Waals surface area (Å²) in [5, 5.41) is 0.626. The predicted molar refractivity (Wildman–Crippen MR) is 78.8 cm³/mol. The molecule has 2 aromatic rings. The highest BCUT2D eigenvalue weighted by molar-refractivity contribution is 14.1. The summed E-state index contributed by atoms with van der Waals surface area (Å²) in [5.74, 6) is 0.0152.